The number of Topliss-reactive ketones (excluding diaryl/α,β-unsaturated/α-hetero) is 1. The molecule has 1 heterocycles. The van der Waals surface area contributed by atoms with E-state index >= 15 is 0 Å². The van der Waals surface area contributed by atoms with E-state index in [4.69, 9.17) is 16.3 Å². The Bertz CT molecular complexity index is 848. The highest BCUT2D eigenvalue weighted by atomic mass is 35.5. The van der Waals surface area contributed by atoms with Crippen LogP contribution >= 0.6 is 22.9 Å². The normalized spacial score (nSPS) is 10.6. The van der Waals surface area contributed by atoms with E-state index in [9.17, 15) is 9.59 Å². The van der Waals surface area contributed by atoms with E-state index in [1.807, 2.05) is 30.3 Å². The first kappa shape index (κ1) is 14.8. The van der Waals surface area contributed by atoms with Crippen LogP contribution in [0.3, 0.4) is 0 Å². The van der Waals surface area contributed by atoms with Crippen LogP contribution in [0.5, 0.6) is 0 Å². The molecule has 0 saturated carbocycles. The van der Waals surface area contributed by atoms with Crippen molar-refractivity contribution in [2.24, 2.45) is 0 Å². The van der Waals surface area contributed by atoms with Gasteiger partial charge in [0.15, 0.2) is 6.61 Å². The molecule has 0 aliphatic heterocycles. The van der Waals surface area contributed by atoms with Crippen molar-refractivity contribution in [3.05, 3.63) is 69.4 Å². The fourth-order valence-electron chi connectivity index (χ4n) is 2.15. The van der Waals surface area contributed by atoms with Gasteiger partial charge in [-0.3, -0.25) is 4.79 Å². The lowest BCUT2D eigenvalue weighted by atomic mass is 10.1. The molecule has 0 fully saturated rings. The molecule has 0 radical (unpaired) electrons. The molecule has 3 rings (SSSR count). The summed E-state index contributed by atoms with van der Waals surface area (Å²) in [7, 11) is 0. The lowest BCUT2D eigenvalue weighted by Crippen LogP contribution is -2.13. The molecule has 0 spiro atoms. The summed E-state index contributed by atoms with van der Waals surface area (Å²) < 4.78 is 5.67. The number of esters is 1. The van der Waals surface area contributed by atoms with Crippen molar-refractivity contribution in [2.45, 2.75) is 0 Å². The van der Waals surface area contributed by atoms with E-state index in [1.165, 1.54) is 11.3 Å². The zero-order valence-electron chi connectivity index (χ0n) is 11.4. The van der Waals surface area contributed by atoms with Crippen LogP contribution in [0.25, 0.3) is 10.8 Å². The molecule has 1 aromatic heterocycles. The second kappa shape index (κ2) is 6.30. The lowest BCUT2D eigenvalue weighted by Gasteiger charge is -2.06. The lowest BCUT2D eigenvalue weighted by molar-refractivity contribution is 0.0478. The summed E-state index contributed by atoms with van der Waals surface area (Å²) in [5.41, 5.74) is 0.454. The van der Waals surface area contributed by atoms with Gasteiger partial charge in [-0.25, -0.2) is 4.79 Å². The maximum absolute atomic E-state index is 12.2. The van der Waals surface area contributed by atoms with Crippen LogP contribution < -0.4 is 0 Å². The van der Waals surface area contributed by atoms with Crippen LogP contribution in [-0.4, -0.2) is 18.4 Å². The van der Waals surface area contributed by atoms with Gasteiger partial charge in [-0.05, 0) is 29.0 Å². The Morgan fingerprint density at radius 3 is 2.55 bits per heavy atom. The zero-order chi connectivity index (χ0) is 15.5. The number of halogens is 1. The minimum absolute atomic E-state index is 0.259. The molecule has 0 atom stereocenters. The molecule has 0 aliphatic carbocycles. The molecule has 0 bridgehead atoms. The van der Waals surface area contributed by atoms with E-state index in [0.717, 1.165) is 10.8 Å². The van der Waals surface area contributed by atoms with E-state index in [2.05, 4.69) is 0 Å². The van der Waals surface area contributed by atoms with Crippen molar-refractivity contribution in [3.8, 4) is 0 Å². The van der Waals surface area contributed by atoms with Crippen LogP contribution in [0.2, 0.25) is 4.34 Å². The van der Waals surface area contributed by atoms with E-state index < -0.39 is 5.97 Å². The third-order valence-corrected chi connectivity index (χ3v) is 4.46. The van der Waals surface area contributed by atoms with Crippen LogP contribution in [0.1, 0.15) is 20.0 Å². The minimum Gasteiger partial charge on any atom is -0.454 e. The van der Waals surface area contributed by atoms with Crippen molar-refractivity contribution in [1.29, 1.82) is 0 Å². The third kappa shape index (κ3) is 3.03. The fraction of sp³-hybridized carbons (Fsp3) is 0.0588. The summed E-state index contributed by atoms with van der Waals surface area (Å²) in [5, 5.41) is 1.76. The molecular formula is C17H11ClO3S. The first-order valence-electron chi connectivity index (χ1n) is 6.58. The average Bonchev–Trinajstić information content (AvgIpc) is 2.98. The Morgan fingerprint density at radius 2 is 1.77 bits per heavy atom. The highest BCUT2D eigenvalue weighted by Gasteiger charge is 2.15. The van der Waals surface area contributed by atoms with E-state index in [0.29, 0.717) is 14.8 Å². The van der Waals surface area contributed by atoms with E-state index in [1.54, 1.807) is 24.3 Å². The van der Waals surface area contributed by atoms with Gasteiger partial charge in [-0.15, -0.1) is 11.3 Å². The maximum atomic E-state index is 12.2. The first-order valence-corrected chi connectivity index (χ1v) is 7.78. The first-order chi connectivity index (χ1) is 10.6. The SMILES string of the molecule is O=C(COC(=O)c1cccc2ccccc12)c1ccc(Cl)s1. The Balaban J connectivity index is 1.75. The highest BCUT2D eigenvalue weighted by Crippen LogP contribution is 2.22. The van der Waals surface area contributed by atoms with Crippen LogP contribution in [0, 0.1) is 0 Å². The summed E-state index contributed by atoms with van der Waals surface area (Å²) in [6.45, 7) is -0.293. The molecule has 3 nitrogen and oxygen atoms in total. The van der Waals surface area contributed by atoms with Crippen molar-refractivity contribution >= 4 is 45.5 Å². The predicted molar refractivity (Wildman–Crippen MR) is 87.9 cm³/mol. The topological polar surface area (TPSA) is 43.4 Å². The quantitative estimate of drug-likeness (QED) is 0.519. The van der Waals surface area contributed by atoms with Gasteiger partial charge in [0.05, 0.1) is 14.8 Å². The smallest absolute Gasteiger partial charge is 0.339 e. The number of carbonyl (C=O) groups is 2. The number of ketones is 1. The van der Waals surface area contributed by atoms with Gasteiger partial charge in [0.2, 0.25) is 5.78 Å². The second-order valence-electron chi connectivity index (χ2n) is 4.63. The molecule has 3 aromatic rings. The number of thiophene rings is 1. The highest BCUT2D eigenvalue weighted by molar-refractivity contribution is 7.18. The standard InChI is InChI=1S/C17H11ClO3S/c18-16-9-8-15(22-16)14(19)10-21-17(20)13-7-3-5-11-4-1-2-6-12(11)13/h1-9H,10H2. The maximum Gasteiger partial charge on any atom is 0.339 e. The summed E-state index contributed by atoms with van der Waals surface area (Å²) in [4.78, 5) is 24.6. The average molecular weight is 331 g/mol. The monoisotopic (exact) mass is 330 g/mol. The molecule has 110 valence electrons. The molecule has 0 aliphatic rings. The predicted octanol–water partition coefficient (Wildman–Crippen LogP) is 4.59. The summed E-state index contributed by atoms with van der Waals surface area (Å²) in [6.07, 6.45) is 0. The fourth-order valence-corrected chi connectivity index (χ4v) is 3.11. The third-order valence-electron chi connectivity index (χ3n) is 3.19. The molecule has 0 N–H and O–H groups in total. The van der Waals surface area contributed by atoms with Gasteiger partial charge >= 0.3 is 5.97 Å². The van der Waals surface area contributed by atoms with Gasteiger partial charge in [0.1, 0.15) is 0 Å². The molecule has 0 unspecified atom stereocenters. The molecule has 0 saturated heterocycles. The van der Waals surface area contributed by atoms with E-state index in [-0.39, 0.29) is 12.4 Å². The Morgan fingerprint density at radius 1 is 1.00 bits per heavy atom. The largest absolute Gasteiger partial charge is 0.454 e. The molecule has 5 heteroatoms. The van der Waals surface area contributed by atoms with Gasteiger partial charge in [0.25, 0.3) is 0 Å². The van der Waals surface area contributed by atoms with Crippen molar-refractivity contribution in [3.63, 3.8) is 0 Å². The van der Waals surface area contributed by atoms with Crippen molar-refractivity contribution in [2.75, 3.05) is 6.61 Å². The number of hydrogen-bond acceptors (Lipinski definition) is 4. The van der Waals surface area contributed by atoms with Crippen molar-refractivity contribution in [1.82, 2.24) is 0 Å². The molecule has 0 amide bonds. The zero-order valence-corrected chi connectivity index (χ0v) is 13.0. The van der Waals surface area contributed by atoms with Crippen LogP contribution in [-0.2, 0) is 4.74 Å². The number of benzene rings is 2. The van der Waals surface area contributed by atoms with Gasteiger partial charge < -0.3 is 4.74 Å². The van der Waals surface area contributed by atoms with Crippen LogP contribution in [0.15, 0.2) is 54.6 Å². The van der Waals surface area contributed by atoms with Gasteiger partial charge in [0, 0.05) is 0 Å². The van der Waals surface area contributed by atoms with Gasteiger partial charge in [-0.1, -0.05) is 48.0 Å². The Labute approximate surface area is 136 Å². The number of hydrogen-bond donors (Lipinski definition) is 0. The van der Waals surface area contributed by atoms with Crippen molar-refractivity contribution < 1.29 is 14.3 Å². The number of fused-ring (bicyclic) bond motifs is 1. The summed E-state index contributed by atoms with van der Waals surface area (Å²) in [5.74, 6) is -0.765. The summed E-state index contributed by atoms with van der Waals surface area (Å²) >= 11 is 6.96. The molecule has 2 aromatic carbocycles. The molecule has 22 heavy (non-hydrogen) atoms. The number of ether oxygens (including phenoxy) is 1. The minimum atomic E-state index is -0.507. The Hall–Kier alpha value is -2.17. The van der Waals surface area contributed by atoms with Crippen LogP contribution in [0.4, 0.5) is 0 Å². The number of rotatable bonds is 4. The molecular weight excluding hydrogens is 320 g/mol. The number of carbonyl (C=O) groups excluding carboxylic acids is 2. The van der Waals surface area contributed by atoms with Gasteiger partial charge in [-0.2, -0.15) is 0 Å². The summed E-state index contributed by atoms with van der Waals surface area (Å²) in [6, 6.07) is 16.2. The Kier molecular flexibility index (Phi) is 4.22. The second-order valence-corrected chi connectivity index (χ2v) is 6.34.